The van der Waals surface area contributed by atoms with E-state index in [1.807, 2.05) is 17.1 Å². The number of fused-ring (bicyclic) bond motifs is 2. The number of rotatable bonds is 4. The number of carbonyl (C=O) groups is 4. The van der Waals surface area contributed by atoms with Crippen molar-refractivity contribution in [2.75, 3.05) is 26.2 Å². The summed E-state index contributed by atoms with van der Waals surface area (Å²) >= 11 is 0. The quantitative estimate of drug-likeness (QED) is 0.412. The summed E-state index contributed by atoms with van der Waals surface area (Å²) in [5.74, 6) is -3.05. The fraction of sp³-hybridized carbons (Fsp3) is 0.714. The van der Waals surface area contributed by atoms with Gasteiger partial charge < -0.3 is 29.7 Å². The van der Waals surface area contributed by atoms with E-state index >= 15 is 0 Å². The number of aliphatic hydroxyl groups excluding tert-OH is 1. The summed E-state index contributed by atoms with van der Waals surface area (Å²) in [5, 5.41) is 12.3. The second-order valence-corrected chi connectivity index (χ2v) is 11.2. The van der Waals surface area contributed by atoms with Crippen molar-refractivity contribution in [1.29, 1.82) is 0 Å². The van der Waals surface area contributed by atoms with Crippen LogP contribution in [0.3, 0.4) is 0 Å². The molecule has 0 bridgehead atoms. The van der Waals surface area contributed by atoms with E-state index in [0.29, 0.717) is 19.4 Å². The van der Waals surface area contributed by atoms with Crippen molar-refractivity contribution >= 4 is 23.7 Å². The van der Waals surface area contributed by atoms with Crippen LogP contribution in [0.5, 0.6) is 0 Å². The predicted molar refractivity (Wildman–Crippen MR) is 136 cm³/mol. The number of esters is 1. The van der Waals surface area contributed by atoms with E-state index in [9.17, 15) is 24.3 Å². The maximum Gasteiger partial charge on any atom is 0.313 e. The number of hydrogen-bond acceptors (Lipinski definition) is 7. The van der Waals surface area contributed by atoms with Crippen LogP contribution < -0.4 is 5.32 Å². The second kappa shape index (κ2) is 11.2. The molecule has 2 N–H and O–H groups in total. The summed E-state index contributed by atoms with van der Waals surface area (Å²) in [4.78, 5) is 57.4. The van der Waals surface area contributed by atoms with Gasteiger partial charge in [-0.25, -0.2) is 0 Å². The number of allylic oxidation sites excluding steroid dienone is 1. The zero-order valence-electron chi connectivity index (χ0n) is 22.0. The Hall–Kier alpha value is -2.72. The van der Waals surface area contributed by atoms with E-state index in [1.54, 1.807) is 19.1 Å². The molecule has 3 fully saturated rings. The minimum Gasteiger partial charge on any atom is -0.460 e. The summed E-state index contributed by atoms with van der Waals surface area (Å²) in [6, 6.07) is -0.812. The molecule has 0 radical (unpaired) electrons. The zero-order chi connectivity index (χ0) is 26.9. The number of likely N-dealkylation sites (tertiary alicyclic amines) is 1. The lowest BCUT2D eigenvalue weighted by atomic mass is 9.77. The summed E-state index contributed by atoms with van der Waals surface area (Å²) in [6.07, 6.45) is 12.1. The van der Waals surface area contributed by atoms with Gasteiger partial charge in [0.2, 0.25) is 17.7 Å². The fourth-order valence-electron chi connectivity index (χ4n) is 6.88. The Morgan fingerprint density at radius 1 is 1.11 bits per heavy atom. The number of carbonyl (C=O) groups excluding carboxylic acids is 4. The van der Waals surface area contributed by atoms with Gasteiger partial charge in [0, 0.05) is 32.2 Å². The third-order valence-electron chi connectivity index (χ3n) is 8.64. The molecule has 5 aliphatic rings. The first kappa shape index (κ1) is 26.9. The smallest absolute Gasteiger partial charge is 0.313 e. The van der Waals surface area contributed by atoms with E-state index < -0.39 is 41.7 Å². The standard InChI is InChI=1S/C28H39N3O7/c1-18-17-29-21(33)12-6-5-11-20-22(27(36)37-18)23-25(34)31(15-8-16-32)24-26(35)30(19-9-3-2-4-10-19)14-7-13-28(23,24)38-20/h5,7,11,13,18-20,22-24,32H,2-4,6,8-10,12,14-17H2,1H3,(H,29,33)/b11-5-/t18-,20-,22+,23+,24-,28+/m1/s1. The lowest BCUT2D eigenvalue weighted by molar-refractivity contribution is -0.159. The SMILES string of the molecule is C[C@@H]1CNC(=O)CC/C=C\[C@H]2O[C@]34C=CCN(C5CCCCC5)C(=O)[C@H]3N(CCCO)C(=O)[C@@H]4[C@H]2C(=O)O1. The second-order valence-electron chi connectivity index (χ2n) is 11.2. The lowest BCUT2D eigenvalue weighted by Crippen LogP contribution is -2.57. The van der Waals surface area contributed by atoms with E-state index in [0.717, 1.165) is 32.1 Å². The van der Waals surface area contributed by atoms with Gasteiger partial charge in [-0.1, -0.05) is 43.6 Å². The summed E-state index contributed by atoms with van der Waals surface area (Å²) in [5.41, 5.74) is -1.32. The maximum absolute atomic E-state index is 14.3. The number of hydrogen-bond donors (Lipinski definition) is 2. The third-order valence-corrected chi connectivity index (χ3v) is 8.64. The molecule has 208 valence electrons. The van der Waals surface area contributed by atoms with Crippen LogP contribution in [-0.4, -0.2) is 94.7 Å². The molecular weight excluding hydrogens is 490 g/mol. The highest BCUT2D eigenvalue weighted by Gasteiger charge is 2.71. The van der Waals surface area contributed by atoms with Crippen LogP contribution in [0, 0.1) is 11.8 Å². The van der Waals surface area contributed by atoms with Crippen molar-refractivity contribution in [2.45, 2.75) is 88.2 Å². The fourth-order valence-corrected chi connectivity index (χ4v) is 6.88. The maximum atomic E-state index is 14.3. The summed E-state index contributed by atoms with van der Waals surface area (Å²) in [7, 11) is 0. The number of nitrogens with one attached hydrogen (secondary N) is 1. The summed E-state index contributed by atoms with van der Waals surface area (Å²) in [6.45, 7) is 2.39. The van der Waals surface area contributed by atoms with Crippen LogP contribution in [-0.2, 0) is 28.7 Å². The Morgan fingerprint density at radius 2 is 1.89 bits per heavy atom. The molecule has 2 saturated heterocycles. The highest BCUT2D eigenvalue weighted by Crippen LogP contribution is 2.53. The average Bonchev–Trinajstić information content (AvgIpc) is 3.29. The molecule has 10 heteroatoms. The first-order valence-electron chi connectivity index (χ1n) is 14.1. The monoisotopic (exact) mass is 529 g/mol. The van der Waals surface area contributed by atoms with Gasteiger partial charge >= 0.3 is 5.97 Å². The Morgan fingerprint density at radius 3 is 2.66 bits per heavy atom. The van der Waals surface area contributed by atoms with Crippen molar-refractivity contribution in [1.82, 2.24) is 15.1 Å². The van der Waals surface area contributed by atoms with E-state index in [1.165, 1.54) is 4.90 Å². The molecule has 1 spiro atoms. The van der Waals surface area contributed by atoms with Crippen molar-refractivity contribution in [3.63, 3.8) is 0 Å². The minimum atomic E-state index is -1.32. The lowest BCUT2D eigenvalue weighted by Gasteiger charge is -2.39. The molecule has 3 amide bonds. The molecule has 5 rings (SSSR count). The van der Waals surface area contributed by atoms with Gasteiger partial charge in [0.25, 0.3) is 0 Å². The molecule has 10 nitrogen and oxygen atoms in total. The van der Waals surface area contributed by atoms with Crippen molar-refractivity contribution < 1.29 is 33.8 Å². The third kappa shape index (κ3) is 4.77. The average molecular weight is 530 g/mol. The molecule has 4 heterocycles. The first-order valence-corrected chi connectivity index (χ1v) is 14.1. The number of aliphatic hydroxyl groups is 1. The molecule has 0 aromatic heterocycles. The Labute approximate surface area is 223 Å². The van der Waals surface area contributed by atoms with Crippen molar-refractivity contribution in [3.8, 4) is 0 Å². The van der Waals surface area contributed by atoms with Gasteiger partial charge in [-0.3, -0.25) is 19.2 Å². The molecule has 1 aliphatic carbocycles. The molecule has 4 aliphatic heterocycles. The number of cyclic esters (lactones) is 1. The predicted octanol–water partition coefficient (Wildman–Crippen LogP) is 1.08. The van der Waals surface area contributed by atoms with Crippen LogP contribution in [0.15, 0.2) is 24.3 Å². The molecule has 0 unspecified atom stereocenters. The highest BCUT2D eigenvalue weighted by atomic mass is 16.6. The van der Waals surface area contributed by atoms with Crippen molar-refractivity contribution in [2.24, 2.45) is 11.8 Å². The zero-order valence-corrected chi connectivity index (χ0v) is 22.0. The van der Waals surface area contributed by atoms with E-state index in [4.69, 9.17) is 9.47 Å². The number of ether oxygens (including phenoxy) is 2. The van der Waals surface area contributed by atoms with Gasteiger partial charge in [0.15, 0.2) is 0 Å². The number of amides is 3. The van der Waals surface area contributed by atoms with Gasteiger partial charge in [-0.15, -0.1) is 0 Å². The summed E-state index contributed by atoms with van der Waals surface area (Å²) < 4.78 is 12.3. The number of nitrogens with zero attached hydrogens (tertiary/aromatic N) is 2. The van der Waals surface area contributed by atoms with Crippen LogP contribution in [0.4, 0.5) is 0 Å². The molecular formula is C28H39N3O7. The normalized spacial score (nSPS) is 37.4. The Bertz CT molecular complexity index is 1010. The van der Waals surface area contributed by atoms with Crippen LogP contribution in [0.25, 0.3) is 0 Å². The minimum absolute atomic E-state index is 0.107. The highest BCUT2D eigenvalue weighted by molar-refractivity contribution is 5.99. The van der Waals surface area contributed by atoms with Crippen molar-refractivity contribution in [3.05, 3.63) is 24.3 Å². The Kier molecular flexibility index (Phi) is 7.90. The Balaban J connectivity index is 1.54. The van der Waals surface area contributed by atoms with Gasteiger partial charge in [-0.05, 0) is 32.6 Å². The van der Waals surface area contributed by atoms with Gasteiger partial charge in [0.05, 0.1) is 18.6 Å². The van der Waals surface area contributed by atoms with E-state index in [-0.39, 0.29) is 49.9 Å². The molecule has 6 atom stereocenters. The largest absolute Gasteiger partial charge is 0.460 e. The topological polar surface area (TPSA) is 125 Å². The van der Waals surface area contributed by atoms with Gasteiger partial charge in [0.1, 0.15) is 23.7 Å². The van der Waals surface area contributed by atoms with Crippen LogP contribution >= 0.6 is 0 Å². The molecule has 1 saturated carbocycles. The van der Waals surface area contributed by atoms with Crippen LogP contribution in [0.2, 0.25) is 0 Å². The van der Waals surface area contributed by atoms with Crippen LogP contribution in [0.1, 0.15) is 58.3 Å². The molecule has 38 heavy (non-hydrogen) atoms. The van der Waals surface area contributed by atoms with E-state index in [2.05, 4.69) is 5.32 Å². The molecule has 0 aromatic rings. The molecule has 0 aromatic carbocycles. The van der Waals surface area contributed by atoms with Gasteiger partial charge in [-0.2, -0.15) is 0 Å². The first-order chi connectivity index (χ1) is 18.4.